The monoisotopic (exact) mass is 478 g/mol. The Bertz CT molecular complexity index is 1320. The van der Waals surface area contributed by atoms with E-state index in [0.717, 1.165) is 39.2 Å². The summed E-state index contributed by atoms with van der Waals surface area (Å²) in [4.78, 5) is 13.2. The van der Waals surface area contributed by atoms with Crippen molar-refractivity contribution in [3.8, 4) is 17.1 Å². The standard InChI is InChI=1S/C26H27ClN4OS/c1-6-30-25(20-8-10-21(27)11-9-20)28-29-26(30)33-15-24(32)23-14-18(4)31(19(23)5)22-12-7-16(2)17(3)13-22/h7-14H,6,15H2,1-5H3. The normalized spacial score (nSPS) is 11.2. The number of nitrogens with zero attached hydrogens (tertiary/aromatic N) is 4. The Hall–Kier alpha value is -2.83. The highest BCUT2D eigenvalue weighted by molar-refractivity contribution is 7.99. The van der Waals surface area contributed by atoms with Crippen LogP contribution < -0.4 is 0 Å². The molecule has 7 heteroatoms. The molecule has 0 spiro atoms. The maximum Gasteiger partial charge on any atom is 0.191 e. The van der Waals surface area contributed by atoms with Crippen LogP contribution in [0.15, 0.2) is 53.7 Å². The van der Waals surface area contributed by atoms with Gasteiger partial charge in [0.1, 0.15) is 0 Å². The van der Waals surface area contributed by atoms with E-state index in [2.05, 4.69) is 46.8 Å². The third-order valence-corrected chi connectivity index (χ3v) is 7.17. The molecule has 0 atom stereocenters. The van der Waals surface area contributed by atoms with Crippen LogP contribution in [0.4, 0.5) is 0 Å². The van der Waals surface area contributed by atoms with Crippen molar-refractivity contribution in [2.24, 2.45) is 0 Å². The van der Waals surface area contributed by atoms with Crippen LogP contribution >= 0.6 is 23.4 Å². The van der Waals surface area contributed by atoms with Crippen molar-refractivity contribution in [3.63, 3.8) is 0 Å². The molecular formula is C26H27ClN4OS. The van der Waals surface area contributed by atoms with Gasteiger partial charge in [-0.3, -0.25) is 4.79 Å². The Morgan fingerprint density at radius 3 is 2.36 bits per heavy atom. The molecule has 33 heavy (non-hydrogen) atoms. The van der Waals surface area contributed by atoms with Crippen molar-refractivity contribution in [3.05, 3.63) is 81.6 Å². The number of rotatable bonds is 7. The van der Waals surface area contributed by atoms with Gasteiger partial charge in [0.2, 0.25) is 0 Å². The van der Waals surface area contributed by atoms with Gasteiger partial charge in [0.25, 0.3) is 0 Å². The van der Waals surface area contributed by atoms with Gasteiger partial charge in [0, 0.05) is 39.8 Å². The van der Waals surface area contributed by atoms with E-state index in [0.29, 0.717) is 17.3 Å². The van der Waals surface area contributed by atoms with Gasteiger partial charge in [0.05, 0.1) is 5.75 Å². The molecule has 0 unspecified atom stereocenters. The fourth-order valence-electron chi connectivity index (χ4n) is 4.01. The molecule has 0 aliphatic carbocycles. The Kier molecular flexibility index (Phi) is 6.77. The van der Waals surface area contributed by atoms with Crippen LogP contribution in [0.3, 0.4) is 0 Å². The summed E-state index contributed by atoms with van der Waals surface area (Å²) >= 11 is 7.44. The highest BCUT2D eigenvalue weighted by Crippen LogP contribution is 2.27. The number of hydrogen-bond acceptors (Lipinski definition) is 4. The maximum absolute atomic E-state index is 13.2. The summed E-state index contributed by atoms with van der Waals surface area (Å²) in [5, 5.41) is 10.1. The minimum Gasteiger partial charge on any atom is -0.318 e. The second-order valence-electron chi connectivity index (χ2n) is 8.16. The summed E-state index contributed by atoms with van der Waals surface area (Å²) < 4.78 is 4.18. The minimum absolute atomic E-state index is 0.0851. The number of benzene rings is 2. The van der Waals surface area contributed by atoms with E-state index < -0.39 is 0 Å². The fourth-order valence-corrected chi connectivity index (χ4v) is 5.02. The zero-order valence-corrected chi connectivity index (χ0v) is 21.1. The molecule has 0 aliphatic rings. The molecule has 5 nitrogen and oxygen atoms in total. The van der Waals surface area contributed by atoms with Gasteiger partial charge in [-0.25, -0.2) is 0 Å². The van der Waals surface area contributed by atoms with Crippen molar-refractivity contribution in [2.75, 3.05) is 5.75 Å². The minimum atomic E-state index is 0.0851. The summed E-state index contributed by atoms with van der Waals surface area (Å²) in [6, 6.07) is 15.9. The number of thioether (sulfide) groups is 1. The Morgan fingerprint density at radius 1 is 0.970 bits per heavy atom. The molecule has 0 aliphatic heterocycles. The zero-order valence-electron chi connectivity index (χ0n) is 19.5. The first-order valence-corrected chi connectivity index (χ1v) is 12.3. The summed E-state index contributed by atoms with van der Waals surface area (Å²) in [5.41, 5.74) is 7.28. The molecule has 0 radical (unpaired) electrons. The van der Waals surface area contributed by atoms with Crippen LogP contribution in [0.2, 0.25) is 5.02 Å². The van der Waals surface area contributed by atoms with E-state index in [4.69, 9.17) is 11.6 Å². The molecule has 0 N–H and O–H groups in total. The highest BCUT2D eigenvalue weighted by atomic mass is 35.5. The molecule has 4 aromatic rings. The molecule has 2 aromatic carbocycles. The van der Waals surface area contributed by atoms with E-state index >= 15 is 0 Å². The number of hydrogen-bond donors (Lipinski definition) is 0. The van der Waals surface area contributed by atoms with Crippen molar-refractivity contribution < 1.29 is 4.79 Å². The number of halogens is 1. The average molecular weight is 479 g/mol. The Labute approximate surface area is 203 Å². The van der Waals surface area contributed by atoms with Gasteiger partial charge >= 0.3 is 0 Å². The first kappa shape index (κ1) is 23.3. The van der Waals surface area contributed by atoms with Gasteiger partial charge in [0.15, 0.2) is 16.8 Å². The Morgan fingerprint density at radius 2 is 1.70 bits per heavy atom. The topological polar surface area (TPSA) is 52.7 Å². The summed E-state index contributed by atoms with van der Waals surface area (Å²) in [5.74, 6) is 1.16. The SMILES string of the molecule is CCn1c(SCC(=O)c2cc(C)n(-c3ccc(C)c(C)c3)c2C)nnc1-c1ccc(Cl)cc1. The van der Waals surface area contributed by atoms with E-state index in [1.807, 2.05) is 55.7 Å². The summed E-state index contributed by atoms with van der Waals surface area (Å²) in [6.07, 6.45) is 0. The predicted molar refractivity (Wildman–Crippen MR) is 136 cm³/mol. The molecule has 0 fully saturated rings. The van der Waals surface area contributed by atoms with Crippen molar-refractivity contribution >= 4 is 29.1 Å². The zero-order chi connectivity index (χ0) is 23.7. The number of carbonyl (C=O) groups is 1. The lowest BCUT2D eigenvalue weighted by Crippen LogP contribution is -2.07. The van der Waals surface area contributed by atoms with Gasteiger partial charge in [-0.1, -0.05) is 29.4 Å². The summed E-state index contributed by atoms with van der Waals surface area (Å²) in [7, 11) is 0. The van der Waals surface area contributed by atoms with Crippen LogP contribution in [0.1, 0.15) is 39.8 Å². The molecule has 4 rings (SSSR count). The van der Waals surface area contributed by atoms with Crippen LogP contribution in [-0.4, -0.2) is 30.9 Å². The number of ketones is 1. The highest BCUT2D eigenvalue weighted by Gasteiger charge is 2.19. The van der Waals surface area contributed by atoms with Crippen molar-refractivity contribution in [1.29, 1.82) is 0 Å². The molecule has 170 valence electrons. The van der Waals surface area contributed by atoms with E-state index in [1.54, 1.807) is 0 Å². The van der Waals surface area contributed by atoms with Crippen molar-refractivity contribution in [1.82, 2.24) is 19.3 Å². The van der Waals surface area contributed by atoms with Gasteiger partial charge < -0.3 is 9.13 Å². The lowest BCUT2D eigenvalue weighted by Gasteiger charge is -2.12. The van der Waals surface area contributed by atoms with Crippen LogP contribution in [0, 0.1) is 27.7 Å². The second kappa shape index (κ2) is 9.57. The van der Waals surface area contributed by atoms with Crippen LogP contribution in [-0.2, 0) is 6.54 Å². The molecule has 2 aromatic heterocycles. The van der Waals surface area contributed by atoms with Crippen LogP contribution in [0.5, 0.6) is 0 Å². The second-order valence-corrected chi connectivity index (χ2v) is 9.54. The Balaban J connectivity index is 1.55. The number of aromatic nitrogens is 4. The molecule has 2 heterocycles. The maximum atomic E-state index is 13.2. The predicted octanol–water partition coefficient (Wildman–Crippen LogP) is 6.62. The van der Waals surface area contributed by atoms with E-state index in [-0.39, 0.29) is 5.78 Å². The number of Topliss-reactive ketones (excluding diaryl/α,β-unsaturated/α-hetero) is 1. The van der Waals surface area contributed by atoms with Crippen molar-refractivity contribution in [2.45, 2.75) is 46.3 Å². The fraction of sp³-hybridized carbons (Fsp3) is 0.269. The third kappa shape index (κ3) is 4.63. The summed E-state index contributed by atoms with van der Waals surface area (Å²) in [6.45, 7) is 11.0. The smallest absolute Gasteiger partial charge is 0.191 e. The largest absolute Gasteiger partial charge is 0.318 e. The quantitative estimate of drug-likeness (QED) is 0.221. The molecule has 0 saturated heterocycles. The molecular weight excluding hydrogens is 452 g/mol. The number of aryl methyl sites for hydroxylation is 3. The first-order valence-electron chi connectivity index (χ1n) is 10.9. The average Bonchev–Trinajstić information content (AvgIpc) is 3.34. The number of carbonyl (C=O) groups excluding carboxylic acids is 1. The molecule has 0 saturated carbocycles. The molecule has 0 bridgehead atoms. The van der Waals surface area contributed by atoms with Gasteiger partial charge in [-0.05, 0) is 88.2 Å². The van der Waals surface area contributed by atoms with E-state index in [1.165, 1.54) is 22.9 Å². The third-order valence-electron chi connectivity index (χ3n) is 5.95. The van der Waals surface area contributed by atoms with Gasteiger partial charge in [-0.15, -0.1) is 10.2 Å². The first-order chi connectivity index (χ1) is 15.8. The lowest BCUT2D eigenvalue weighted by molar-refractivity contribution is 0.102. The van der Waals surface area contributed by atoms with E-state index in [9.17, 15) is 4.79 Å². The van der Waals surface area contributed by atoms with Crippen LogP contribution in [0.25, 0.3) is 17.1 Å². The lowest BCUT2D eigenvalue weighted by atomic mass is 10.1. The van der Waals surface area contributed by atoms with Gasteiger partial charge in [-0.2, -0.15) is 0 Å². The molecule has 0 amide bonds.